The minimum absolute atomic E-state index is 0.0866. The number of carbonyl (C=O) groups excluding carboxylic acids is 3. The Kier molecular flexibility index (Phi) is 4.38. The fourth-order valence-electron chi connectivity index (χ4n) is 6.62. The standard InChI is InChI=1S/C24H21FN4O6/c1-11-8-17(29(33)34)18(35-2)10-16(11)28-21(30)19-15-4-3-7-27(15)24(20(19)22(28)31)13-9-12(25)5-6-14(13)26-23(24)32/h5-6,8-10,15,19-20H,3-4,7H2,1-2H3,(H,26,32)/t15-,19+,20+,24-/m0/s1. The Morgan fingerprint density at radius 3 is 2.69 bits per heavy atom. The minimum Gasteiger partial charge on any atom is -0.490 e. The van der Waals surface area contributed by atoms with Gasteiger partial charge >= 0.3 is 5.69 Å². The number of nitro benzene ring substituents is 1. The summed E-state index contributed by atoms with van der Waals surface area (Å²) in [5.74, 6) is -3.97. The summed E-state index contributed by atoms with van der Waals surface area (Å²) in [5, 5.41) is 14.2. The molecule has 11 heteroatoms. The Morgan fingerprint density at radius 1 is 1.20 bits per heavy atom. The number of fused-ring (bicyclic) bond motifs is 7. The molecule has 3 fully saturated rings. The summed E-state index contributed by atoms with van der Waals surface area (Å²) < 4.78 is 19.5. The Morgan fingerprint density at radius 2 is 1.97 bits per heavy atom. The van der Waals surface area contributed by atoms with Crippen LogP contribution >= 0.6 is 0 Å². The first-order valence-corrected chi connectivity index (χ1v) is 11.3. The number of hydrogen-bond donors (Lipinski definition) is 1. The van der Waals surface area contributed by atoms with Gasteiger partial charge in [0.2, 0.25) is 17.7 Å². The Labute approximate surface area is 198 Å². The molecule has 2 aromatic carbocycles. The van der Waals surface area contributed by atoms with E-state index in [0.717, 1.165) is 11.3 Å². The first kappa shape index (κ1) is 21.7. The lowest BCUT2D eigenvalue weighted by Crippen LogP contribution is -2.54. The van der Waals surface area contributed by atoms with Crippen molar-refractivity contribution in [2.24, 2.45) is 11.8 Å². The predicted octanol–water partition coefficient (Wildman–Crippen LogP) is 2.48. The molecule has 10 nitrogen and oxygen atoms in total. The van der Waals surface area contributed by atoms with E-state index in [1.54, 1.807) is 6.92 Å². The van der Waals surface area contributed by atoms with E-state index >= 15 is 0 Å². The lowest BCUT2D eigenvalue weighted by Gasteiger charge is -2.36. The second kappa shape index (κ2) is 7.08. The van der Waals surface area contributed by atoms with E-state index < -0.39 is 45.8 Å². The van der Waals surface area contributed by atoms with Crippen molar-refractivity contribution in [1.29, 1.82) is 0 Å². The second-order valence-electron chi connectivity index (χ2n) is 9.40. The molecule has 4 aliphatic heterocycles. The zero-order valence-corrected chi connectivity index (χ0v) is 18.9. The molecule has 1 N–H and O–H groups in total. The third-order valence-electron chi connectivity index (χ3n) is 7.89. The van der Waals surface area contributed by atoms with Crippen molar-refractivity contribution in [2.45, 2.75) is 31.3 Å². The molecule has 0 radical (unpaired) electrons. The van der Waals surface area contributed by atoms with Crippen LogP contribution in [0.3, 0.4) is 0 Å². The van der Waals surface area contributed by atoms with Gasteiger partial charge in [-0.05, 0) is 50.1 Å². The van der Waals surface area contributed by atoms with Gasteiger partial charge in [0.05, 0.1) is 29.6 Å². The number of nitrogens with zero attached hydrogens (tertiary/aromatic N) is 3. The topological polar surface area (TPSA) is 122 Å². The Bertz CT molecular complexity index is 1360. The van der Waals surface area contributed by atoms with Crippen LogP contribution in [0.2, 0.25) is 0 Å². The smallest absolute Gasteiger partial charge is 0.311 e. The zero-order chi connectivity index (χ0) is 24.8. The van der Waals surface area contributed by atoms with Crippen molar-refractivity contribution >= 4 is 34.8 Å². The molecule has 3 saturated heterocycles. The van der Waals surface area contributed by atoms with Crippen LogP contribution in [0.25, 0.3) is 0 Å². The van der Waals surface area contributed by atoms with Crippen LogP contribution in [-0.2, 0) is 19.9 Å². The molecule has 180 valence electrons. The van der Waals surface area contributed by atoms with Crippen molar-refractivity contribution in [3.63, 3.8) is 0 Å². The van der Waals surface area contributed by atoms with Crippen LogP contribution in [0, 0.1) is 34.7 Å². The molecule has 1 spiro atoms. The van der Waals surface area contributed by atoms with E-state index in [4.69, 9.17) is 4.74 Å². The van der Waals surface area contributed by atoms with Gasteiger partial charge in [0.1, 0.15) is 11.4 Å². The van der Waals surface area contributed by atoms with E-state index in [1.807, 2.05) is 4.90 Å². The molecule has 4 atom stereocenters. The number of imide groups is 1. The third-order valence-corrected chi connectivity index (χ3v) is 7.89. The molecule has 3 amide bonds. The van der Waals surface area contributed by atoms with Crippen molar-refractivity contribution in [3.05, 3.63) is 57.4 Å². The lowest BCUT2D eigenvalue weighted by molar-refractivity contribution is -0.385. The van der Waals surface area contributed by atoms with Gasteiger partial charge in [0.15, 0.2) is 5.75 Å². The normalized spacial score (nSPS) is 28.9. The van der Waals surface area contributed by atoms with Crippen molar-refractivity contribution in [1.82, 2.24) is 4.90 Å². The quantitative estimate of drug-likeness (QED) is 0.407. The maximum atomic E-state index is 14.4. The number of ether oxygens (including phenoxy) is 1. The number of halogens is 1. The van der Waals surface area contributed by atoms with Gasteiger partial charge in [-0.2, -0.15) is 0 Å². The number of nitro groups is 1. The van der Waals surface area contributed by atoms with Crippen LogP contribution < -0.4 is 15.0 Å². The second-order valence-corrected chi connectivity index (χ2v) is 9.40. The van der Waals surface area contributed by atoms with Gasteiger partial charge in [-0.3, -0.25) is 29.4 Å². The van der Waals surface area contributed by atoms with Crippen LogP contribution in [-0.4, -0.2) is 47.2 Å². The molecule has 0 aromatic heterocycles. The van der Waals surface area contributed by atoms with Gasteiger partial charge in [0.25, 0.3) is 0 Å². The minimum atomic E-state index is -1.50. The van der Waals surface area contributed by atoms with Gasteiger partial charge < -0.3 is 10.1 Å². The summed E-state index contributed by atoms with van der Waals surface area (Å²) in [7, 11) is 1.27. The summed E-state index contributed by atoms with van der Waals surface area (Å²) in [4.78, 5) is 55.2. The molecular weight excluding hydrogens is 459 g/mol. The van der Waals surface area contributed by atoms with Crippen LogP contribution in [0.5, 0.6) is 5.75 Å². The van der Waals surface area contributed by atoms with E-state index in [0.29, 0.717) is 29.8 Å². The Hall–Kier alpha value is -3.86. The van der Waals surface area contributed by atoms with Crippen molar-refractivity contribution < 1.29 is 28.4 Å². The summed E-state index contributed by atoms with van der Waals surface area (Å²) in [6, 6.07) is 6.19. The summed E-state index contributed by atoms with van der Waals surface area (Å²) >= 11 is 0. The summed E-state index contributed by atoms with van der Waals surface area (Å²) in [5.41, 5.74) is -0.472. The van der Waals surface area contributed by atoms with E-state index in [1.165, 1.54) is 37.4 Å². The monoisotopic (exact) mass is 480 g/mol. The van der Waals surface area contributed by atoms with Crippen LogP contribution in [0.1, 0.15) is 24.0 Å². The molecule has 35 heavy (non-hydrogen) atoms. The average Bonchev–Trinajstić information content (AvgIpc) is 3.52. The van der Waals surface area contributed by atoms with Crippen molar-refractivity contribution in [2.75, 3.05) is 23.9 Å². The van der Waals surface area contributed by atoms with E-state index in [-0.39, 0.29) is 23.2 Å². The highest BCUT2D eigenvalue weighted by Crippen LogP contribution is 2.61. The SMILES string of the molecule is COc1cc(N2C(=O)[C@@H]3[C@@H]4CCCN4[C@]4(C(=O)Nc5ccc(F)cc54)[C@H]3C2=O)c(C)cc1[N+](=O)[O-]. The molecule has 2 aromatic rings. The highest BCUT2D eigenvalue weighted by molar-refractivity contribution is 6.26. The maximum Gasteiger partial charge on any atom is 0.311 e. The number of benzene rings is 2. The number of rotatable bonds is 3. The highest BCUT2D eigenvalue weighted by atomic mass is 19.1. The van der Waals surface area contributed by atoms with Gasteiger partial charge in [0, 0.05) is 29.4 Å². The molecule has 0 saturated carbocycles. The molecule has 6 rings (SSSR count). The number of anilines is 2. The van der Waals surface area contributed by atoms with E-state index in [9.17, 15) is 28.9 Å². The zero-order valence-electron chi connectivity index (χ0n) is 18.9. The number of amides is 3. The highest BCUT2D eigenvalue weighted by Gasteiger charge is 2.74. The third kappa shape index (κ3) is 2.53. The number of nitrogens with one attached hydrogen (secondary N) is 1. The number of hydrogen-bond acceptors (Lipinski definition) is 7. The summed E-state index contributed by atoms with van der Waals surface area (Å²) in [6.45, 7) is 2.08. The fourth-order valence-corrected chi connectivity index (χ4v) is 6.62. The number of methoxy groups -OCH3 is 1. The Balaban J connectivity index is 1.54. The molecular formula is C24H21FN4O6. The largest absolute Gasteiger partial charge is 0.490 e. The van der Waals surface area contributed by atoms with Gasteiger partial charge in [-0.25, -0.2) is 9.29 Å². The first-order valence-electron chi connectivity index (χ1n) is 11.3. The molecule has 0 unspecified atom stereocenters. The lowest BCUT2D eigenvalue weighted by atomic mass is 9.75. The van der Waals surface area contributed by atoms with Gasteiger partial charge in [-0.1, -0.05) is 0 Å². The van der Waals surface area contributed by atoms with Crippen LogP contribution in [0.15, 0.2) is 30.3 Å². The fraction of sp³-hybridized carbons (Fsp3) is 0.375. The first-order chi connectivity index (χ1) is 16.7. The molecule has 0 bridgehead atoms. The molecule has 4 heterocycles. The van der Waals surface area contributed by atoms with Gasteiger partial charge in [-0.15, -0.1) is 0 Å². The molecule has 0 aliphatic carbocycles. The van der Waals surface area contributed by atoms with Crippen molar-refractivity contribution in [3.8, 4) is 5.75 Å². The number of aryl methyl sites for hydroxylation is 1. The maximum absolute atomic E-state index is 14.4. The van der Waals surface area contributed by atoms with Crippen LogP contribution in [0.4, 0.5) is 21.5 Å². The predicted molar refractivity (Wildman–Crippen MR) is 120 cm³/mol. The summed E-state index contributed by atoms with van der Waals surface area (Å²) in [6.07, 6.45) is 1.36. The van der Waals surface area contributed by atoms with E-state index in [2.05, 4.69) is 5.32 Å². The molecule has 4 aliphatic rings. The number of carbonyl (C=O) groups is 3. The average molecular weight is 480 g/mol.